The Kier molecular flexibility index (Phi) is 4.65. The lowest BCUT2D eigenvalue weighted by atomic mass is 9.70. The minimum Gasteiger partial charge on any atom is -0.497 e. The highest BCUT2D eigenvalue weighted by atomic mass is 35.5. The van der Waals surface area contributed by atoms with Crippen molar-refractivity contribution < 1.29 is 14.6 Å². The molecule has 0 aromatic heterocycles. The quantitative estimate of drug-likeness (QED) is 0.782. The molecule has 1 amide bonds. The summed E-state index contributed by atoms with van der Waals surface area (Å²) in [4.78, 5) is 11.2. The van der Waals surface area contributed by atoms with Crippen LogP contribution in [0.5, 0.6) is 5.75 Å². The van der Waals surface area contributed by atoms with Gasteiger partial charge in [-0.3, -0.25) is 0 Å². The minimum absolute atomic E-state index is 0.120. The average molecular weight is 360 g/mol. The van der Waals surface area contributed by atoms with Crippen molar-refractivity contribution in [1.82, 2.24) is 5.32 Å². The Morgan fingerprint density at radius 1 is 1.28 bits per heavy atom. The first-order valence-corrected chi connectivity index (χ1v) is 8.66. The number of carbonyl (C=O) groups is 1. The Balaban J connectivity index is 2.02. The zero-order chi connectivity index (χ0) is 18.2. The zero-order valence-corrected chi connectivity index (χ0v) is 15.4. The number of ether oxygens (including phenoxy) is 1. The van der Waals surface area contributed by atoms with Crippen molar-refractivity contribution in [1.29, 1.82) is 0 Å². The number of fused-ring (bicyclic) bond motifs is 1. The zero-order valence-electron chi connectivity index (χ0n) is 14.6. The molecule has 2 aromatic carbocycles. The number of carboxylic acid groups (broad SMARTS) is 1. The lowest BCUT2D eigenvalue weighted by Crippen LogP contribution is -2.40. The van der Waals surface area contributed by atoms with E-state index in [0.717, 1.165) is 35.3 Å². The Hall–Kier alpha value is -2.20. The molecule has 0 saturated heterocycles. The fraction of sp³-hybridized carbons (Fsp3) is 0.350. The summed E-state index contributed by atoms with van der Waals surface area (Å²) in [5.41, 5.74) is 4.07. The van der Waals surface area contributed by atoms with Crippen molar-refractivity contribution in [3.05, 3.63) is 52.5 Å². The molecule has 1 aliphatic carbocycles. The maximum atomic E-state index is 11.2. The minimum atomic E-state index is -0.992. The number of nitrogens with one attached hydrogen (secondary N) is 1. The number of aryl methyl sites for hydroxylation is 1. The van der Waals surface area contributed by atoms with Crippen molar-refractivity contribution in [3.63, 3.8) is 0 Å². The summed E-state index contributed by atoms with van der Waals surface area (Å²) in [7, 11) is 1.61. The van der Waals surface area contributed by atoms with Crippen LogP contribution in [-0.2, 0) is 6.42 Å². The summed E-state index contributed by atoms with van der Waals surface area (Å²) in [6.07, 6.45) is 0.847. The summed E-state index contributed by atoms with van der Waals surface area (Å²) in [5, 5.41) is 12.5. The van der Waals surface area contributed by atoms with Gasteiger partial charge in [0.05, 0.1) is 18.2 Å². The predicted octanol–water partition coefficient (Wildman–Crippen LogP) is 5.30. The van der Waals surface area contributed by atoms with Gasteiger partial charge in [-0.15, -0.1) is 0 Å². The lowest BCUT2D eigenvalue weighted by Gasteiger charge is -2.40. The number of halogens is 1. The third-order valence-corrected chi connectivity index (χ3v) is 5.34. The van der Waals surface area contributed by atoms with Crippen LogP contribution in [0.2, 0.25) is 5.02 Å². The van der Waals surface area contributed by atoms with Gasteiger partial charge in [0.1, 0.15) is 5.75 Å². The lowest BCUT2D eigenvalue weighted by molar-refractivity contribution is 0.161. The van der Waals surface area contributed by atoms with Crippen LogP contribution in [0.1, 0.15) is 37.4 Å². The van der Waals surface area contributed by atoms with Crippen LogP contribution < -0.4 is 10.1 Å². The Morgan fingerprint density at radius 2 is 2.04 bits per heavy atom. The van der Waals surface area contributed by atoms with Gasteiger partial charge < -0.3 is 15.2 Å². The van der Waals surface area contributed by atoms with Crippen LogP contribution in [-0.4, -0.2) is 18.3 Å². The number of hydrogen-bond donors (Lipinski definition) is 2. The highest BCUT2D eigenvalue weighted by Gasteiger charge is 2.37. The van der Waals surface area contributed by atoms with E-state index in [4.69, 9.17) is 16.3 Å². The van der Waals surface area contributed by atoms with Crippen LogP contribution in [0.4, 0.5) is 4.79 Å². The van der Waals surface area contributed by atoms with Gasteiger partial charge in [-0.25, -0.2) is 4.79 Å². The molecule has 25 heavy (non-hydrogen) atoms. The smallest absolute Gasteiger partial charge is 0.405 e. The second-order valence-electron chi connectivity index (χ2n) is 7.13. The second-order valence-corrected chi connectivity index (χ2v) is 7.54. The molecule has 0 bridgehead atoms. The largest absolute Gasteiger partial charge is 0.497 e. The van der Waals surface area contributed by atoms with Crippen molar-refractivity contribution in [2.75, 3.05) is 7.11 Å². The molecule has 5 heteroatoms. The van der Waals surface area contributed by atoms with E-state index in [-0.39, 0.29) is 11.5 Å². The molecular formula is C20H22ClNO3. The van der Waals surface area contributed by atoms with E-state index in [1.54, 1.807) is 13.2 Å². The van der Waals surface area contributed by atoms with Crippen molar-refractivity contribution in [2.24, 2.45) is 5.41 Å². The standard InChI is InChI=1S/C20H22ClNO3/c1-20(2)9-8-13-10-12(4-6-16(13)18(20)22-19(23)24)15-7-5-14(25-3)11-17(15)21/h4-7,10-11,18,22H,8-9H2,1-3H3,(H,23,24)/t18-/m1/s1. The SMILES string of the molecule is COc1ccc(-c2ccc3c(c2)CCC(C)(C)[C@@H]3NC(=O)O)c(Cl)c1. The molecule has 2 N–H and O–H groups in total. The molecule has 0 saturated carbocycles. The second kappa shape index (κ2) is 6.60. The van der Waals surface area contributed by atoms with Crippen molar-refractivity contribution >= 4 is 17.7 Å². The van der Waals surface area contributed by atoms with Gasteiger partial charge in [-0.2, -0.15) is 0 Å². The van der Waals surface area contributed by atoms with Crippen LogP contribution >= 0.6 is 11.6 Å². The summed E-state index contributed by atoms with van der Waals surface area (Å²) < 4.78 is 5.20. The molecule has 1 aliphatic rings. The Bertz CT molecular complexity index is 817. The monoisotopic (exact) mass is 359 g/mol. The molecule has 132 valence electrons. The molecule has 2 aromatic rings. The maximum absolute atomic E-state index is 11.2. The van der Waals surface area contributed by atoms with E-state index in [0.29, 0.717) is 5.02 Å². The molecule has 0 fully saturated rings. The van der Waals surface area contributed by atoms with Crippen LogP contribution in [0.3, 0.4) is 0 Å². The first kappa shape index (κ1) is 17.6. The summed E-state index contributed by atoms with van der Waals surface area (Å²) in [5.74, 6) is 0.721. The van der Waals surface area contributed by atoms with E-state index in [1.165, 1.54) is 5.56 Å². The van der Waals surface area contributed by atoms with Crippen LogP contribution in [0, 0.1) is 5.41 Å². The average Bonchev–Trinajstić information content (AvgIpc) is 2.57. The molecule has 0 spiro atoms. The van der Waals surface area contributed by atoms with E-state index in [2.05, 4.69) is 25.2 Å². The summed E-state index contributed by atoms with van der Waals surface area (Å²) in [6, 6.07) is 11.6. The maximum Gasteiger partial charge on any atom is 0.405 e. The fourth-order valence-corrected chi connectivity index (χ4v) is 3.83. The van der Waals surface area contributed by atoms with Gasteiger partial charge in [-0.1, -0.05) is 43.6 Å². The number of amides is 1. The predicted molar refractivity (Wildman–Crippen MR) is 99.4 cm³/mol. The molecule has 0 unspecified atom stereocenters. The van der Waals surface area contributed by atoms with Crippen molar-refractivity contribution in [3.8, 4) is 16.9 Å². The fourth-order valence-electron chi connectivity index (χ4n) is 3.55. The van der Waals surface area contributed by atoms with Gasteiger partial charge in [0.2, 0.25) is 0 Å². The molecule has 4 nitrogen and oxygen atoms in total. The number of methoxy groups -OCH3 is 1. The van der Waals surface area contributed by atoms with Gasteiger partial charge in [0.15, 0.2) is 0 Å². The molecular weight excluding hydrogens is 338 g/mol. The number of hydrogen-bond acceptors (Lipinski definition) is 2. The van der Waals surface area contributed by atoms with Crippen LogP contribution in [0.15, 0.2) is 36.4 Å². The first-order valence-electron chi connectivity index (χ1n) is 8.28. The molecule has 3 rings (SSSR count). The van der Waals surface area contributed by atoms with E-state index in [1.807, 2.05) is 24.3 Å². The van der Waals surface area contributed by atoms with Crippen molar-refractivity contribution in [2.45, 2.75) is 32.7 Å². The van der Waals surface area contributed by atoms with Crippen LogP contribution in [0.25, 0.3) is 11.1 Å². The molecule has 0 radical (unpaired) electrons. The third-order valence-electron chi connectivity index (χ3n) is 5.03. The highest BCUT2D eigenvalue weighted by molar-refractivity contribution is 6.33. The highest BCUT2D eigenvalue weighted by Crippen LogP contribution is 2.44. The van der Waals surface area contributed by atoms with Gasteiger partial charge >= 0.3 is 6.09 Å². The Morgan fingerprint density at radius 3 is 2.68 bits per heavy atom. The topological polar surface area (TPSA) is 58.6 Å². The van der Waals surface area contributed by atoms with Gasteiger partial charge in [-0.05, 0) is 53.1 Å². The third kappa shape index (κ3) is 3.45. The van der Waals surface area contributed by atoms with E-state index >= 15 is 0 Å². The summed E-state index contributed by atoms with van der Waals surface area (Å²) in [6.45, 7) is 4.20. The molecule has 0 heterocycles. The molecule has 0 aliphatic heterocycles. The van der Waals surface area contributed by atoms with E-state index < -0.39 is 6.09 Å². The molecule has 1 atom stereocenters. The summed E-state index contributed by atoms with van der Waals surface area (Å²) >= 11 is 6.40. The first-order chi connectivity index (χ1) is 11.8. The van der Waals surface area contributed by atoms with Gasteiger partial charge in [0.25, 0.3) is 0 Å². The van der Waals surface area contributed by atoms with E-state index in [9.17, 15) is 9.90 Å². The number of rotatable bonds is 3. The van der Waals surface area contributed by atoms with Gasteiger partial charge in [0, 0.05) is 5.56 Å². The normalized spacial score (nSPS) is 18.3. The number of benzene rings is 2. The Labute approximate surface area is 152 Å².